The Morgan fingerprint density at radius 3 is 2.79 bits per heavy atom. The highest BCUT2D eigenvalue weighted by atomic mass is 16.5. The highest BCUT2D eigenvalue weighted by Gasteiger charge is 2.32. The Bertz CT molecular complexity index is 603. The predicted molar refractivity (Wildman–Crippen MR) is 91.7 cm³/mol. The number of anilines is 1. The van der Waals surface area contributed by atoms with Crippen molar-refractivity contribution in [2.45, 2.75) is 38.9 Å². The number of rotatable bonds is 3. The number of morpholine rings is 1. The van der Waals surface area contributed by atoms with Gasteiger partial charge in [0, 0.05) is 31.3 Å². The fourth-order valence-electron chi connectivity index (χ4n) is 3.35. The lowest BCUT2D eigenvalue weighted by Gasteiger charge is -2.41. The van der Waals surface area contributed by atoms with Crippen LogP contribution in [0.3, 0.4) is 0 Å². The summed E-state index contributed by atoms with van der Waals surface area (Å²) in [7, 11) is 0. The first-order chi connectivity index (χ1) is 11.4. The van der Waals surface area contributed by atoms with Gasteiger partial charge in [0.1, 0.15) is 0 Å². The van der Waals surface area contributed by atoms with Gasteiger partial charge in [-0.2, -0.15) is 0 Å². The maximum Gasteiger partial charge on any atom is 0.238 e. The molecule has 1 unspecified atom stereocenters. The zero-order chi connectivity index (χ0) is 17.2. The van der Waals surface area contributed by atoms with Gasteiger partial charge in [-0.25, -0.2) is 0 Å². The Labute approximate surface area is 143 Å². The van der Waals surface area contributed by atoms with Gasteiger partial charge in [0.05, 0.1) is 31.5 Å². The molecule has 0 spiro atoms. The predicted octanol–water partition coefficient (Wildman–Crippen LogP) is 2.29. The van der Waals surface area contributed by atoms with Crippen molar-refractivity contribution in [3.63, 3.8) is 0 Å². The Morgan fingerprint density at radius 1 is 1.29 bits per heavy atom. The van der Waals surface area contributed by atoms with Crippen LogP contribution in [0.25, 0.3) is 0 Å². The van der Waals surface area contributed by atoms with E-state index < -0.39 is 0 Å². The number of carbonyl (C=O) groups is 1. The molecule has 1 fully saturated rings. The van der Waals surface area contributed by atoms with Gasteiger partial charge in [-0.15, -0.1) is 0 Å². The molecule has 0 aromatic heterocycles. The number of amides is 1. The molecule has 3 rings (SSSR count). The van der Waals surface area contributed by atoms with Crippen molar-refractivity contribution < 1.29 is 19.0 Å². The van der Waals surface area contributed by atoms with Gasteiger partial charge in [-0.1, -0.05) is 0 Å². The van der Waals surface area contributed by atoms with E-state index in [2.05, 4.69) is 24.1 Å². The summed E-state index contributed by atoms with van der Waals surface area (Å²) in [6.07, 6.45) is 0.987. The van der Waals surface area contributed by atoms with Crippen LogP contribution in [-0.2, 0) is 9.53 Å². The molecule has 24 heavy (non-hydrogen) atoms. The van der Waals surface area contributed by atoms with E-state index in [1.165, 1.54) is 0 Å². The van der Waals surface area contributed by atoms with Gasteiger partial charge in [-0.05, 0) is 32.9 Å². The maximum absolute atomic E-state index is 12.4. The van der Waals surface area contributed by atoms with E-state index in [-0.39, 0.29) is 17.6 Å². The molecule has 0 bridgehead atoms. The van der Waals surface area contributed by atoms with Crippen molar-refractivity contribution in [1.29, 1.82) is 0 Å². The van der Waals surface area contributed by atoms with Crippen molar-refractivity contribution in [2.75, 3.05) is 38.2 Å². The van der Waals surface area contributed by atoms with Crippen molar-refractivity contribution in [3.8, 4) is 11.5 Å². The number of nitrogens with zero attached hydrogens (tertiary/aromatic N) is 1. The molecule has 0 aliphatic carbocycles. The average Bonchev–Trinajstić information content (AvgIpc) is 2.69. The molecular weight excluding hydrogens is 308 g/mol. The van der Waals surface area contributed by atoms with Crippen LogP contribution in [0.1, 0.15) is 27.2 Å². The third-order valence-corrected chi connectivity index (χ3v) is 4.04. The van der Waals surface area contributed by atoms with Gasteiger partial charge in [-0.3, -0.25) is 9.69 Å². The Morgan fingerprint density at radius 2 is 2.04 bits per heavy atom. The summed E-state index contributed by atoms with van der Waals surface area (Å²) in [5.41, 5.74) is 0.498. The van der Waals surface area contributed by atoms with Gasteiger partial charge in [0.2, 0.25) is 5.91 Å². The quantitative estimate of drug-likeness (QED) is 0.919. The third kappa shape index (κ3) is 4.39. The molecule has 2 aliphatic heterocycles. The Hall–Kier alpha value is -1.79. The van der Waals surface area contributed by atoms with Crippen LogP contribution in [0.15, 0.2) is 18.2 Å². The van der Waals surface area contributed by atoms with Gasteiger partial charge >= 0.3 is 0 Å². The van der Waals surface area contributed by atoms with Crippen LogP contribution in [0.2, 0.25) is 0 Å². The molecule has 1 aromatic carbocycles. The van der Waals surface area contributed by atoms with Crippen molar-refractivity contribution in [1.82, 2.24) is 4.90 Å². The molecule has 0 saturated carbocycles. The van der Waals surface area contributed by atoms with Crippen LogP contribution in [0, 0.1) is 0 Å². The molecule has 1 N–H and O–H groups in total. The number of nitrogens with one attached hydrogen (secondary N) is 1. The fraction of sp³-hybridized carbons (Fsp3) is 0.611. The minimum atomic E-state index is -0.229. The van der Waals surface area contributed by atoms with E-state index in [0.29, 0.717) is 25.5 Å². The SMILES string of the molecule is CC1CN(CC(=O)Nc2ccc3c(c2)OCCCO3)CC(C)(C)O1. The highest BCUT2D eigenvalue weighted by Crippen LogP contribution is 2.32. The molecule has 132 valence electrons. The van der Waals surface area contributed by atoms with E-state index in [9.17, 15) is 4.79 Å². The highest BCUT2D eigenvalue weighted by molar-refractivity contribution is 5.92. The lowest BCUT2D eigenvalue weighted by molar-refractivity contribution is -0.136. The molecule has 6 heteroatoms. The molecular formula is C18H26N2O4. The Balaban J connectivity index is 1.60. The standard InChI is InChI=1S/C18H26N2O4/c1-13-10-20(12-18(2,3)24-13)11-17(21)19-14-5-6-15-16(9-14)23-8-4-7-22-15/h5-6,9,13H,4,7-8,10-12H2,1-3H3,(H,19,21). The number of hydrogen-bond acceptors (Lipinski definition) is 5. The number of fused-ring (bicyclic) bond motifs is 1. The molecule has 2 aliphatic rings. The van der Waals surface area contributed by atoms with E-state index in [1.807, 2.05) is 25.1 Å². The second kappa shape index (κ2) is 6.99. The van der Waals surface area contributed by atoms with Crippen LogP contribution in [0.4, 0.5) is 5.69 Å². The molecule has 1 saturated heterocycles. The molecule has 1 aromatic rings. The van der Waals surface area contributed by atoms with Crippen molar-refractivity contribution in [2.24, 2.45) is 0 Å². The molecule has 1 atom stereocenters. The largest absolute Gasteiger partial charge is 0.490 e. The first-order valence-corrected chi connectivity index (χ1v) is 8.51. The molecule has 1 amide bonds. The normalized spacial score (nSPS) is 23.4. The lowest BCUT2D eigenvalue weighted by Crippen LogP contribution is -2.53. The third-order valence-electron chi connectivity index (χ3n) is 4.04. The number of ether oxygens (including phenoxy) is 3. The van der Waals surface area contributed by atoms with Crippen molar-refractivity contribution >= 4 is 11.6 Å². The molecule has 6 nitrogen and oxygen atoms in total. The number of carbonyl (C=O) groups excluding carboxylic acids is 1. The second-order valence-corrected chi connectivity index (χ2v) is 7.12. The van der Waals surface area contributed by atoms with E-state index >= 15 is 0 Å². The average molecular weight is 334 g/mol. The summed E-state index contributed by atoms with van der Waals surface area (Å²) in [6.45, 7) is 9.29. The van der Waals surface area contributed by atoms with E-state index in [4.69, 9.17) is 14.2 Å². The summed E-state index contributed by atoms with van der Waals surface area (Å²) in [6, 6.07) is 5.51. The second-order valence-electron chi connectivity index (χ2n) is 7.12. The van der Waals surface area contributed by atoms with E-state index in [1.54, 1.807) is 0 Å². The summed E-state index contributed by atoms with van der Waals surface area (Å²) in [4.78, 5) is 14.5. The monoisotopic (exact) mass is 334 g/mol. The van der Waals surface area contributed by atoms with Gasteiger partial charge < -0.3 is 19.5 Å². The minimum Gasteiger partial charge on any atom is -0.490 e. The summed E-state index contributed by atoms with van der Waals surface area (Å²) in [5, 5.41) is 2.94. The molecule has 2 heterocycles. The first-order valence-electron chi connectivity index (χ1n) is 8.51. The van der Waals surface area contributed by atoms with Crippen LogP contribution in [-0.4, -0.2) is 55.4 Å². The van der Waals surface area contributed by atoms with Crippen LogP contribution >= 0.6 is 0 Å². The van der Waals surface area contributed by atoms with E-state index in [0.717, 1.165) is 30.9 Å². The van der Waals surface area contributed by atoms with Crippen LogP contribution in [0.5, 0.6) is 11.5 Å². The van der Waals surface area contributed by atoms with Crippen molar-refractivity contribution in [3.05, 3.63) is 18.2 Å². The minimum absolute atomic E-state index is 0.0330. The van der Waals surface area contributed by atoms with Gasteiger partial charge in [0.15, 0.2) is 11.5 Å². The summed E-state index contributed by atoms with van der Waals surface area (Å²) >= 11 is 0. The Kier molecular flexibility index (Phi) is 4.96. The van der Waals surface area contributed by atoms with Crippen LogP contribution < -0.4 is 14.8 Å². The lowest BCUT2D eigenvalue weighted by atomic mass is 10.1. The summed E-state index contributed by atoms with van der Waals surface area (Å²) in [5.74, 6) is 1.38. The smallest absolute Gasteiger partial charge is 0.238 e. The summed E-state index contributed by atoms with van der Waals surface area (Å²) < 4.78 is 17.1. The molecule has 0 radical (unpaired) electrons. The van der Waals surface area contributed by atoms with Gasteiger partial charge in [0.25, 0.3) is 0 Å². The topological polar surface area (TPSA) is 60.0 Å². The number of hydrogen-bond donors (Lipinski definition) is 1. The number of benzene rings is 1. The fourth-order valence-corrected chi connectivity index (χ4v) is 3.35. The maximum atomic E-state index is 12.4. The first kappa shape index (κ1) is 17.0. The zero-order valence-electron chi connectivity index (χ0n) is 14.6. The zero-order valence-corrected chi connectivity index (χ0v) is 14.6.